The van der Waals surface area contributed by atoms with Gasteiger partial charge in [-0.2, -0.15) is 0 Å². The summed E-state index contributed by atoms with van der Waals surface area (Å²) in [4.78, 5) is 35.4. The third kappa shape index (κ3) is 6.64. The predicted octanol–water partition coefficient (Wildman–Crippen LogP) is 1.02. The molecule has 1 rings (SSSR count). The molecule has 22 heavy (non-hydrogen) atoms. The van der Waals surface area contributed by atoms with Gasteiger partial charge in [0, 0.05) is 32.1 Å². The van der Waals surface area contributed by atoms with Crippen molar-refractivity contribution in [2.45, 2.75) is 39.2 Å². The Morgan fingerprint density at radius 3 is 2.18 bits per heavy atom. The molecule has 8 heteroatoms. The van der Waals surface area contributed by atoms with Crippen LogP contribution in [-0.4, -0.2) is 59.9 Å². The molecule has 1 aliphatic heterocycles. The third-order valence-corrected chi connectivity index (χ3v) is 3.23. The van der Waals surface area contributed by atoms with E-state index in [0.717, 1.165) is 0 Å². The van der Waals surface area contributed by atoms with Gasteiger partial charge in [-0.25, -0.2) is 9.59 Å². The smallest absolute Gasteiger partial charge is 0.407 e. The summed E-state index contributed by atoms with van der Waals surface area (Å²) in [5.41, 5.74) is -0.550. The van der Waals surface area contributed by atoms with Crippen LogP contribution in [0.15, 0.2) is 0 Å². The first-order valence-corrected chi connectivity index (χ1v) is 7.41. The fraction of sp³-hybridized carbons (Fsp3) is 0.786. The van der Waals surface area contributed by atoms with Gasteiger partial charge in [0.2, 0.25) is 5.91 Å². The second kappa shape index (κ2) is 7.86. The molecule has 1 heterocycles. The lowest BCUT2D eigenvalue weighted by atomic mass is 9.96. The van der Waals surface area contributed by atoms with Crippen molar-refractivity contribution >= 4 is 18.1 Å². The molecule has 0 aromatic heterocycles. The van der Waals surface area contributed by atoms with E-state index in [1.54, 1.807) is 20.8 Å². The first kappa shape index (κ1) is 18.1. The van der Waals surface area contributed by atoms with Crippen molar-refractivity contribution in [1.82, 2.24) is 15.5 Å². The molecule has 0 bridgehead atoms. The van der Waals surface area contributed by atoms with E-state index in [1.807, 2.05) is 0 Å². The monoisotopic (exact) mass is 315 g/mol. The Morgan fingerprint density at radius 1 is 1.14 bits per heavy atom. The number of carboxylic acid groups (broad SMARTS) is 1. The fourth-order valence-electron chi connectivity index (χ4n) is 2.14. The van der Waals surface area contributed by atoms with Crippen LogP contribution in [0.2, 0.25) is 0 Å². The Bertz CT molecular complexity index is 411. The molecule has 126 valence electrons. The van der Waals surface area contributed by atoms with Crippen LogP contribution in [0.1, 0.15) is 33.6 Å². The molecule has 0 aromatic rings. The van der Waals surface area contributed by atoms with Crippen LogP contribution < -0.4 is 10.6 Å². The molecule has 3 N–H and O–H groups in total. The van der Waals surface area contributed by atoms with E-state index in [4.69, 9.17) is 9.84 Å². The molecule has 0 saturated carbocycles. The van der Waals surface area contributed by atoms with Crippen molar-refractivity contribution in [3.05, 3.63) is 0 Å². The van der Waals surface area contributed by atoms with Gasteiger partial charge in [0.05, 0.1) is 0 Å². The minimum absolute atomic E-state index is 0.101. The first-order valence-electron chi connectivity index (χ1n) is 7.41. The lowest BCUT2D eigenvalue weighted by Crippen LogP contribution is -2.44. The van der Waals surface area contributed by atoms with E-state index in [9.17, 15) is 14.4 Å². The Morgan fingerprint density at radius 2 is 1.68 bits per heavy atom. The lowest BCUT2D eigenvalue weighted by molar-refractivity contribution is -0.126. The van der Waals surface area contributed by atoms with E-state index in [0.29, 0.717) is 32.5 Å². The maximum absolute atomic E-state index is 11.9. The number of piperidine rings is 1. The van der Waals surface area contributed by atoms with Crippen molar-refractivity contribution in [2.75, 3.05) is 26.2 Å². The number of amides is 3. The van der Waals surface area contributed by atoms with Crippen molar-refractivity contribution in [3.63, 3.8) is 0 Å². The zero-order valence-corrected chi connectivity index (χ0v) is 13.3. The maximum atomic E-state index is 11.9. The number of carbonyl (C=O) groups is 3. The van der Waals surface area contributed by atoms with Gasteiger partial charge in [0.15, 0.2) is 0 Å². The van der Waals surface area contributed by atoms with E-state index < -0.39 is 17.8 Å². The quantitative estimate of drug-likeness (QED) is 0.671. The predicted molar refractivity (Wildman–Crippen MR) is 79.6 cm³/mol. The number of hydrogen-bond donors (Lipinski definition) is 3. The molecule has 1 saturated heterocycles. The van der Waals surface area contributed by atoms with E-state index in [-0.39, 0.29) is 18.4 Å². The average Bonchev–Trinajstić information content (AvgIpc) is 2.41. The summed E-state index contributed by atoms with van der Waals surface area (Å²) >= 11 is 0. The van der Waals surface area contributed by atoms with Crippen LogP contribution >= 0.6 is 0 Å². The molecular formula is C14H25N3O5. The van der Waals surface area contributed by atoms with Gasteiger partial charge in [-0.3, -0.25) is 4.79 Å². The number of nitrogens with one attached hydrogen (secondary N) is 2. The normalized spacial score (nSPS) is 16.0. The first-order chi connectivity index (χ1) is 10.2. The fourth-order valence-corrected chi connectivity index (χ4v) is 2.14. The van der Waals surface area contributed by atoms with Gasteiger partial charge < -0.3 is 25.4 Å². The highest BCUT2D eigenvalue weighted by Gasteiger charge is 2.26. The standard InChI is InChI=1S/C14H25N3O5/c1-14(2,3)22-12(19)16-7-6-15-11(18)10-4-8-17(9-5-10)13(20)21/h10H,4-9H2,1-3H3,(H,15,18)(H,16,19)(H,20,21). The maximum Gasteiger partial charge on any atom is 0.407 e. The Balaban J connectivity index is 2.17. The number of nitrogens with zero attached hydrogens (tertiary/aromatic N) is 1. The zero-order valence-electron chi connectivity index (χ0n) is 13.3. The highest BCUT2D eigenvalue weighted by atomic mass is 16.6. The molecule has 0 spiro atoms. The van der Waals surface area contributed by atoms with Crippen molar-refractivity contribution in [3.8, 4) is 0 Å². The third-order valence-electron chi connectivity index (χ3n) is 3.23. The summed E-state index contributed by atoms with van der Waals surface area (Å²) in [6.45, 7) is 6.69. The summed E-state index contributed by atoms with van der Waals surface area (Å²) in [6.07, 6.45) is -0.410. The largest absolute Gasteiger partial charge is 0.465 e. The number of likely N-dealkylation sites (tertiary alicyclic amines) is 1. The SMILES string of the molecule is CC(C)(C)OC(=O)NCCNC(=O)C1CCN(C(=O)O)CC1. The number of rotatable bonds is 4. The van der Waals surface area contributed by atoms with Crippen LogP contribution in [0.3, 0.4) is 0 Å². The van der Waals surface area contributed by atoms with Crippen LogP contribution in [0.4, 0.5) is 9.59 Å². The molecule has 0 aliphatic carbocycles. The number of hydrogen-bond acceptors (Lipinski definition) is 4. The van der Waals surface area contributed by atoms with Crippen LogP contribution in [-0.2, 0) is 9.53 Å². The van der Waals surface area contributed by atoms with E-state index >= 15 is 0 Å². The van der Waals surface area contributed by atoms with E-state index in [2.05, 4.69) is 10.6 Å². The molecule has 0 unspecified atom stereocenters. The molecule has 0 radical (unpaired) electrons. The summed E-state index contributed by atoms with van der Waals surface area (Å²) in [5.74, 6) is -0.270. The molecule has 1 fully saturated rings. The summed E-state index contributed by atoms with van der Waals surface area (Å²) < 4.78 is 5.07. The van der Waals surface area contributed by atoms with Crippen molar-refractivity contribution < 1.29 is 24.2 Å². The Kier molecular flexibility index (Phi) is 6.45. The van der Waals surface area contributed by atoms with Crippen LogP contribution in [0.25, 0.3) is 0 Å². The summed E-state index contributed by atoms with van der Waals surface area (Å²) in [5, 5.41) is 14.1. The highest BCUT2D eigenvalue weighted by Crippen LogP contribution is 2.17. The minimum atomic E-state index is -0.944. The highest BCUT2D eigenvalue weighted by molar-refractivity contribution is 5.79. The molecule has 3 amide bonds. The topological polar surface area (TPSA) is 108 Å². The van der Waals surface area contributed by atoms with Gasteiger partial charge >= 0.3 is 12.2 Å². The van der Waals surface area contributed by atoms with E-state index in [1.165, 1.54) is 4.90 Å². The lowest BCUT2D eigenvalue weighted by Gasteiger charge is -2.29. The Labute approximate surface area is 130 Å². The van der Waals surface area contributed by atoms with Gasteiger partial charge in [-0.15, -0.1) is 0 Å². The number of alkyl carbamates (subject to hydrolysis) is 1. The summed E-state index contributed by atoms with van der Waals surface area (Å²) in [6, 6.07) is 0. The van der Waals surface area contributed by atoms with Gasteiger partial charge in [-0.1, -0.05) is 0 Å². The van der Waals surface area contributed by atoms with Crippen LogP contribution in [0.5, 0.6) is 0 Å². The van der Waals surface area contributed by atoms with Crippen LogP contribution in [0, 0.1) is 5.92 Å². The molecule has 1 aliphatic rings. The molecule has 8 nitrogen and oxygen atoms in total. The Hall–Kier alpha value is -1.99. The number of ether oxygens (including phenoxy) is 1. The number of carbonyl (C=O) groups excluding carboxylic acids is 2. The molecule has 0 atom stereocenters. The zero-order chi connectivity index (χ0) is 16.8. The minimum Gasteiger partial charge on any atom is -0.465 e. The van der Waals surface area contributed by atoms with Gasteiger partial charge in [0.1, 0.15) is 5.60 Å². The molecular weight excluding hydrogens is 290 g/mol. The van der Waals surface area contributed by atoms with Gasteiger partial charge in [0.25, 0.3) is 0 Å². The summed E-state index contributed by atoms with van der Waals surface area (Å²) in [7, 11) is 0. The van der Waals surface area contributed by atoms with Crippen molar-refractivity contribution in [2.24, 2.45) is 5.92 Å². The second-order valence-electron chi connectivity index (χ2n) is 6.26. The second-order valence-corrected chi connectivity index (χ2v) is 6.26. The van der Waals surface area contributed by atoms with Crippen molar-refractivity contribution in [1.29, 1.82) is 0 Å². The average molecular weight is 315 g/mol. The van der Waals surface area contributed by atoms with Gasteiger partial charge in [-0.05, 0) is 33.6 Å². The molecule has 0 aromatic carbocycles.